The number of benzene rings is 3. The number of para-hydroxylation sites is 1. The van der Waals surface area contributed by atoms with Crippen LogP contribution in [0.3, 0.4) is 0 Å². The number of aromatic nitrogens is 1. The summed E-state index contributed by atoms with van der Waals surface area (Å²) in [5, 5.41) is 12.9. The number of ether oxygens (including phenoxy) is 1. The third kappa shape index (κ3) is 4.73. The normalized spacial score (nSPS) is 14.5. The number of hydrogen-bond acceptors (Lipinski definition) is 5. The monoisotopic (exact) mass is 507 g/mol. The SMILES string of the molecule is O=C(Nc1cccc(C(F)(F)F)c1)c1c(O)c(=O)ccn1NC1c2ccccc2COc2ccccc21. The van der Waals surface area contributed by atoms with Gasteiger partial charge in [0.2, 0.25) is 5.43 Å². The van der Waals surface area contributed by atoms with Gasteiger partial charge in [-0.25, -0.2) is 0 Å². The largest absolute Gasteiger partial charge is 0.502 e. The molecule has 37 heavy (non-hydrogen) atoms. The van der Waals surface area contributed by atoms with Crippen molar-refractivity contribution in [2.75, 3.05) is 10.7 Å². The van der Waals surface area contributed by atoms with Gasteiger partial charge in [-0.2, -0.15) is 13.2 Å². The molecule has 10 heteroatoms. The number of nitrogens with one attached hydrogen (secondary N) is 2. The molecule has 1 aliphatic rings. The van der Waals surface area contributed by atoms with Crippen molar-refractivity contribution in [2.24, 2.45) is 0 Å². The van der Waals surface area contributed by atoms with Gasteiger partial charge in [-0.05, 0) is 35.4 Å². The minimum absolute atomic E-state index is 0.152. The summed E-state index contributed by atoms with van der Waals surface area (Å²) in [5.41, 5.74) is 3.25. The van der Waals surface area contributed by atoms with E-state index < -0.39 is 40.6 Å². The van der Waals surface area contributed by atoms with Gasteiger partial charge in [0.15, 0.2) is 11.4 Å². The van der Waals surface area contributed by atoms with Gasteiger partial charge in [0.1, 0.15) is 12.4 Å². The molecule has 0 radical (unpaired) electrons. The molecule has 1 aromatic heterocycles. The predicted octanol–water partition coefficient (Wildman–Crippen LogP) is 5.05. The van der Waals surface area contributed by atoms with E-state index in [1.165, 1.54) is 16.9 Å². The standard InChI is InChI=1S/C27H20F3N3O4/c28-27(29,30)17-7-5-8-18(14-17)31-26(36)24-25(35)21(34)12-13-33(24)32-23-19-9-2-1-6-16(19)15-37-22-11-4-3-10-20(22)23/h1-14,23,32,35H,15H2,(H,31,36). The molecule has 0 spiro atoms. The maximum atomic E-state index is 13.2. The Balaban J connectivity index is 1.56. The summed E-state index contributed by atoms with van der Waals surface area (Å²) in [7, 11) is 0. The van der Waals surface area contributed by atoms with Gasteiger partial charge in [-0.15, -0.1) is 0 Å². The zero-order chi connectivity index (χ0) is 26.2. The number of carbonyl (C=O) groups is 1. The lowest BCUT2D eigenvalue weighted by Gasteiger charge is -2.25. The van der Waals surface area contributed by atoms with Crippen molar-refractivity contribution in [2.45, 2.75) is 18.8 Å². The Kier molecular flexibility index (Phi) is 6.08. The van der Waals surface area contributed by atoms with Crippen molar-refractivity contribution in [1.29, 1.82) is 0 Å². The van der Waals surface area contributed by atoms with Gasteiger partial charge in [-0.1, -0.05) is 48.5 Å². The average Bonchev–Trinajstić information content (AvgIpc) is 3.03. The maximum Gasteiger partial charge on any atom is 0.416 e. The molecule has 0 bridgehead atoms. The smallest absolute Gasteiger partial charge is 0.416 e. The molecular weight excluding hydrogens is 487 g/mol. The lowest BCUT2D eigenvalue weighted by Crippen LogP contribution is -2.30. The van der Waals surface area contributed by atoms with Crippen LogP contribution >= 0.6 is 0 Å². The van der Waals surface area contributed by atoms with Gasteiger partial charge < -0.3 is 20.6 Å². The van der Waals surface area contributed by atoms with Crippen LogP contribution in [0.2, 0.25) is 0 Å². The van der Waals surface area contributed by atoms with Crippen molar-refractivity contribution in [3.63, 3.8) is 0 Å². The second kappa shape index (κ2) is 9.38. The fraction of sp³-hybridized carbons (Fsp3) is 0.111. The molecule has 0 aliphatic carbocycles. The lowest BCUT2D eigenvalue weighted by atomic mass is 9.95. The Morgan fingerprint density at radius 2 is 1.70 bits per heavy atom. The van der Waals surface area contributed by atoms with E-state index in [1.54, 1.807) is 6.07 Å². The first-order valence-electron chi connectivity index (χ1n) is 11.2. The van der Waals surface area contributed by atoms with E-state index in [9.17, 15) is 27.9 Å². The average molecular weight is 507 g/mol. The van der Waals surface area contributed by atoms with E-state index in [0.29, 0.717) is 12.4 Å². The van der Waals surface area contributed by atoms with Gasteiger partial charge >= 0.3 is 6.18 Å². The second-order valence-corrected chi connectivity index (χ2v) is 8.37. The van der Waals surface area contributed by atoms with Crippen LogP contribution in [0.15, 0.2) is 89.9 Å². The number of aromatic hydroxyl groups is 1. The number of pyridine rings is 1. The molecule has 7 nitrogen and oxygen atoms in total. The van der Waals surface area contributed by atoms with E-state index >= 15 is 0 Å². The first-order chi connectivity index (χ1) is 17.7. The first kappa shape index (κ1) is 24.0. The maximum absolute atomic E-state index is 13.2. The Morgan fingerprint density at radius 3 is 2.49 bits per heavy atom. The molecular formula is C27H20F3N3O4. The van der Waals surface area contributed by atoms with Gasteiger partial charge in [0, 0.05) is 23.5 Å². The van der Waals surface area contributed by atoms with Gasteiger partial charge in [0.05, 0.1) is 11.6 Å². The highest BCUT2D eigenvalue weighted by Crippen LogP contribution is 2.36. The van der Waals surface area contributed by atoms with Gasteiger partial charge in [-0.3, -0.25) is 14.3 Å². The Labute approximate surface area is 208 Å². The molecule has 3 N–H and O–H groups in total. The summed E-state index contributed by atoms with van der Waals surface area (Å²) in [6.07, 6.45) is -3.33. The van der Waals surface area contributed by atoms with Crippen LogP contribution in [0.4, 0.5) is 18.9 Å². The topological polar surface area (TPSA) is 92.6 Å². The van der Waals surface area contributed by atoms with Crippen LogP contribution in [0.1, 0.15) is 38.8 Å². The fourth-order valence-corrected chi connectivity index (χ4v) is 4.21. The highest BCUT2D eigenvalue weighted by molar-refractivity contribution is 6.05. The van der Waals surface area contributed by atoms with E-state index in [1.807, 2.05) is 42.5 Å². The van der Waals surface area contributed by atoms with Crippen molar-refractivity contribution >= 4 is 11.6 Å². The van der Waals surface area contributed by atoms with Crippen molar-refractivity contribution in [3.8, 4) is 11.5 Å². The Morgan fingerprint density at radius 1 is 0.973 bits per heavy atom. The van der Waals surface area contributed by atoms with Crippen molar-refractivity contribution in [3.05, 3.63) is 123 Å². The van der Waals surface area contributed by atoms with Crippen molar-refractivity contribution < 1.29 is 27.8 Å². The summed E-state index contributed by atoms with van der Waals surface area (Å²) < 4.78 is 46.5. The van der Waals surface area contributed by atoms with Crippen molar-refractivity contribution in [1.82, 2.24) is 4.68 Å². The minimum Gasteiger partial charge on any atom is -0.502 e. The summed E-state index contributed by atoms with van der Waals surface area (Å²) in [4.78, 5) is 25.4. The number of fused-ring (bicyclic) bond motifs is 2. The van der Waals surface area contributed by atoms with E-state index in [0.717, 1.165) is 41.0 Å². The molecule has 4 aromatic rings. The number of halogens is 3. The molecule has 0 fully saturated rings. The number of anilines is 1. The minimum atomic E-state index is -4.61. The Hall–Kier alpha value is -4.73. The number of alkyl halides is 3. The second-order valence-electron chi connectivity index (χ2n) is 8.37. The third-order valence-corrected chi connectivity index (χ3v) is 5.98. The van der Waals surface area contributed by atoms with E-state index in [4.69, 9.17) is 4.74 Å². The fourth-order valence-electron chi connectivity index (χ4n) is 4.21. The highest BCUT2D eigenvalue weighted by Gasteiger charge is 2.31. The summed E-state index contributed by atoms with van der Waals surface area (Å²) in [6, 6.07) is 19.4. The number of amides is 1. The zero-order valence-electron chi connectivity index (χ0n) is 19.1. The lowest BCUT2D eigenvalue weighted by molar-refractivity contribution is -0.137. The number of nitrogens with zero attached hydrogens (tertiary/aromatic N) is 1. The number of rotatable bonds is 4. The molecule has 1 amide bonds. The first-order valence-corrected chi connectivity index (χ1v) is 11.2. The number of hydrogen-bond donors (Lipinski definition) is 3. The van der Waals surface area contributed by atoms with Crippen LogP contribution in [0, 0.1) is 0 Å². The van der Waals surface area contributed by atoms with Crippen LogP contribution in [0.25, 0.3) is 0 Å². The zero-order valence-corrected chi connectivity index (χ0v) is 19.1. The van der Waals surface area contributed by atoms with Gasteiger partial charge in [0.25, 0.3) is 5.91 Å². The molecule has 5 rings (SSSR count). The molecule has 0 saturated carbocycles. The van der Waals surface area contributed by atoms with E-state index in [-0.39, 0.29) is 5.69 Å². The summed E-state index contributed by atoms with van der Waals surface area (Å²) in [5.74, 6) is -1.23. The summed E-state index contributed by atoms with van der Waals surface area (Å²) in [6.45, 7) is 0.309. The van der Waals surface area contributed by atoms with Crippen LogP contribution < -0.4 is 20.9 Å². The van der Waals surface area contributed by atoms with Crippen LogP contribution in [-0.2, 0) is 12.8 Å². The molecule has 0 saturated heterocycles. The Bertz CT molecular complexity index is 1500. The summed E-state index contributed by atoms with van der Waals surface area (Å²) >= 11 is 0. The third-order valence-electron chi connectivity index (χ3n) is 5.98. The number of carbonyl (C=O) groups excluding carboxylic acids is 1. The van der Waals surface area contributed by atoms with Crippen LogP contribution in [0.5, 0.6) is 11.5 Å². The quantitative estimate of drug-likeness (QED) is 0.360. The highest BCUT2D eigenvalue weighted by atomic mass is 19.4. The molecule has 1 aliphatic heterocycles. The molecule has 188 valence electrons. The predicted molar refractivity (Wildman–Crippen MR) is 130 cm³/mol. The molecule has 1 unspecified atom stereocenters. The molecule has 3 aromatic carbocycles. The molecule has 2 heterocycles. The molecule has 1 atom stereocenters. The van der Waals surface area contributed by atoms with Crippen LogP contribution in [-0.4, -0.2) is 15.7 Å². The van der Waals surface area contributed by atoms with E-state index in [2.05, 4.69) is 10.7 Å².